The summed E-state index contributed by atoms with van der Waals surface area (Å²) in [6.07, 6.45) is 3.17. The summed E-state index contributed by atoms with van der Waals surface area (Å²) in [4.78, 5) is 16.0. The summed E-state index contributed by atoms with van der Waals surface area (Å²) < 4.78 is 11.9. The summed E-state index contributed by atoms with van der Waals surface area (Å²) in [5.41, 5.74) is 1.96. The SMILES string of the molecule is CC#Cc1cccc(N(CCCCCC(=O)OCC)SOOC)c1. The predicted molar refractivity (Wildman–Crippen MR) is 97.1 cm³/mol. The van der Waals surface area contributed by atoms with E-state index >= 15 is 0 Å². The van der Waals surface area contributed by atoms with E-state index in [0.29, 0.717) is 13.0 Å². The van der Waals surface area contributed by atoms with Gasteiger partial charge in [0, 0.05) is 18.5 Å². The molecule has 0 bridgehead atoms. The Labute approximate surface area is 148 Å². The van der Waals surface area contributed by atoms with Gasteiger partial charge >= 0.3 is 5.97 Å². The summed E-state index contributed by atoms with van der Waals surface area (Å²) in [5, 5.41) is 0. The van der Waals surface area contributed by atoms with Crippen LogP contribution in [0, 0.1) is 11.8 Å². The number of hydrogen-bond acceptors (Lipinski definition) is 6. The first-order valence-corrected chi connectivity index (χ1v) is 8.74. The standard InChI is InChI=1S/C18H25NO4S/c1-4-10-16-11-9-12-17(15-16)19(24-23-21-3)14-8-6-7-13-18(20)22-5-2/h9,11-12,15H,5-8,13-14H2,1-3H3. The monoisotopic (exact) mass is 351 g/mol. The van der Waals surface area contributed by atoms with Crippen molar-refractivity contribution in [1.29, 1.82) is 0 Å². The third-order valence-electron chi connectivity index (χ3n) is 3.14. The molecule has 6 heteroatoms. The third-order valence-corrected chi connectivity index (χ3v) is 3.91. The smallest absolute Gasteiger partial charge is 0.305 e. The Morgan fingerprint density at radius 1 is 1.29 bits per heavy atom. The Morgan fingerprint density at radius 3 is 2.83 bits per heavy atom. The van der Waals surface area contributed by atoms with Crippen LogP contribution in [0.4, 0.5) is 5.69 Å². The molecule has 24 heavy (non-hydrogen) atoms. The molecular weight excluding hydrogens is 326 g/mol. The number of anilines is 1. The van der Waals surface area contributed by atoms with Gasteiger partial charge in [0.25, 0.3) is 0 Å². The lowest BCUT2D eigenvalue weighted by atomic mass is 10.1. The molecule has 0 aliphatic heterocycles. The highest BCUT2D eigenvalue weighted by atomic mass is 32.2. The first kappa shape index (κ1) is 20.4. The zero-order valence-electron chi connectivity index (χ0n) is 14.5. The second kappa shape index (κ2) is 12.7. The van der Waals surface area contributed by atoms with Crippen LogP contribution in [0.3, 0.4) is 0 Å². The second-order valence-corrected chi connectivity index (χ2v) is 5.68. The van der Waals surface area contributed by atoms with Crippen LogP contribution < -0.4 is 4.31 Å². The molecule has 0 saturated carbocycles. The fraction of sp³-hybridized carbons (Fsp3) is 0.500. The Bertz CT molecular complexity index is 553. The maximum absolute atomic E-state index is 11.3. The second-order valence-electron chi connectivity index (χ2n) is 4.95. The van der Waals surface area contributed by atoms with E-state index in [9.17, 15) is 4.79 Å². The van der Waals surface area contributed by atoms with Gasteiger partial charge < -0.3 is 4.74 Å². The highest BCUT2D eigenvalue weighted by molar-refractivity contribution is 7.96. The van der Waals surface area contributed by atoms with Gasteiger partial charge in [0.1, 0.15) is 0 Å². The first-order chi connectivity index (χ1) is 11.7. The normalized spacial score (nSPS) is 9.96. The molecule has 0 saturated heterocycles. The molecule has 0 aliphatic rings. The van der Waals surface area contributed by atoms with Gasteiger partial charge in [-0.15, -0.1) is 10.3 Å². The molecule has 0 spiro atoms. The van der Waals surface area contributed by atoms with Gasteiger partial charge in [-0.3, -0.25) is 9.10 Å². The molecule has 0 atom stereocenters. The largest absolute Gasteiger partial charge is 0.466 e. The number of ether oxygens (including phenoxy) is 1. The van der Waals surface area contributed by atoms with Crippen LogP contribution >= 0.6 is 12.2 Å². The van der Waals surface area contributed by atoms with E-state index in [1.165, 1.54) is 7.11 Å². The highest BCUT2D eigenvalue weighted by Crippen LogP contribution is 2.25. The van der Waals surface area contributed by atoms with Crippen molar-refractivity contribution >= 4 is 23.9 Å². The van der Waals surface area contributed by atoms with E-state index < -0.39 is 0 Å². The molecule has 132 valence electrons. The predicted octanol–water partition coefficient (Wildman–Crippen LogP) is 4.13. The highest BCUT2D eigenvalue weighted by Gasteiger charge is 2.10. The zero-order valence-corrected chi connectivity index (χ0v) is 15.4. The zero-order chi connectivity index (χ0) is 17.6. The lowest BCUT2D eigenvalue weighted by Gasteiger charge is -2.21. The van der Waals surface area contributed by atoms with Crippen molar-refractivity contribution in [2.45, 2.75) is 39.5 Å². The third kappa shape index (κ3) is 8.25. The fourth-order valence-corrected chi connectivity index (χ4v) is 2.63. The quantitative estimate of drug-likeness (QED) is 0.114. The lowest BCUT2D eigenvalue weighted by Crippen LogP contribution is -2.16. The van der Waals surface area contributed by atoms with Crippen LogP contribution in [0.5, 0.6) is 0 Å². The molecule has 0 aliphatic carbocycles. The van der Waals surface area contributed by atoms with Gasteiger partial charge in [-0.05, 0) is 44.9 Å². The Morgan fingerprint density at radius 2 is 2.12 bits per heavy atom. The average molecular weight is 351 g/mol. The van der Waals surface area contributed by atoms with Crippen molar-refractivity contribution in [3.05, 3.63) is 29.8 Å². The summed E-state index contributed by atoms with van der Waals surface area (Å²) in [6, 6.07) is 7.96. The minimum absolute atomic E-state index is 0.128. The molecule has 0 radical (unpaired) electrons. The van der Waals surface area contributed by atoms with E-state index in [-0.39, 0.29) is 5.97 Å². The molecule has 0 N–H and O–H groups in total. The maximum atomic E-state index is 11.3. The van der Waals surface area contributed by atoms with Gasteiger partial charge in [0.15, 0.2) is 12.2 Å². The number of carbonyl (C=O) groups excluding carboxylic acids is 1. The molecule has 1 rings (SSSR count). The molecule has 1 aromatic carbocycles. The number of esters is 1. The molecular formula is C18H25NO4S. The van der Waals surface area contributed by atoms with E-state index in [1.807, 2.05) is 42.4 Å². The Kier molecular flexibility index (Phi) is 10.8. The van der Waals surface area contributed by atoms with Gasteiger partial charge in [-0.25, -0.2) is 4.89 Å². The van der Waals surface area contributed by atoms with Crippen LogP contribution in [0.1, 0.15) is 45.1 Å². The number of benzene rings is 1. The van der Waals surface area contributed by atoms with Crippen LogP contribution in [0.25, 0.3) is 0 Å². The van der Waals surface area contributed by atoms with E-state index in [0.717, 1.165) is 49.3 Å². The Balaban J connectivity index is 2.51. The molecule has 0 aromatic heterocycles. The molecule has 0 fully saturated rings. The van der Waals surface area contributed by atoms with Crippen LogP contribution in [-0.2, 0) is 18.8 Å². The molecule has 0 unspecified atom stereocenters. The van der Waals surface area contributed by atoms with Crippen molar-refractivity contribution in [3.8, 4) is 11.8 Å². The maximum Gasteiger partial charge on any atom is 0.305 e. The molecule has 1 aromatic rings. The number of hydrogen-bond donors (Lipinski definition) is 0. The van der Waals surface area contributed by atoms with Crippen LogP contribution in [0.15, 0.2) is 24.3 Å². The summed E-state index contributed by atoms with van der Waals surface area (Å²) >= 11 is 1.15. The topological polar surface area (TPSA) is 48.0 Å². The van der Waals surface area contributed by atoms with Crippen molar-refractivity contribution < 1.29 is 18.8 Å². The van der Waals surface area contributed by atoms with Crippen molar-refractivity contribution in [2.24, 2.45) is 0 Å². The van der Waals surface area contributed by atoms with Gasteiger partial charge in [-0.2, -0.15) is 0 Å². The van der Waals surface area contributed by atoms with Crippen molar-refractivity contribution in [2.75, 3.05) is 24.6 Å². The first-order valence-electron chi connectivity index (χ1n) is 8.04. The summed E-state index contributed by atoms with van der Waals surface area (Å²) in [7, 11) is 1.48. The summed E-state index contributed by atoms with van der Waals surface area (Å²) in [5.74, 6) is 5.82. The minimum atomic E-state index is -0.128. The molecule has 0 heterocycles. The van der Waals surface area contributed by atoms with E-state index in [4.69, 9.17) is 9.07 Å². The van der Waals surface area contributed by atoms with Crippen molar-refractivity contribution in [3.63, 3.8) is 0 Å². The van der Waals surface area contributed by atoms with Crippen LogP contribution in [-0.4, -0.2) is 26.2 Å². The number of nitrogens with zero attached hydrogens (tertiary/aromatic N) is 1. The Hall–Kier alpha value is -1.68. The van der Waals surface area contributed by atoms with Crippen LogP contribution in [0.2, 0.25) is 0 Å². The van der Waals surface area contributed by atoms with E-state index in [2.05, 4.69) is 16.7 Å². The summed E-state index contributed by atoms with van der Waals surface area (Å²) in [6.45, 7) is 4.85. The number of carbonyl (C=O) groups is 1. The fourth-order valence-electron chi connectivity index (χ4n) is 2.09. The minimum Gasteiger partial charge on any atom is -0.466 e. The van der Waals surface area contributed by atoms with Crippen molar-refractivity contribution in [1.82, 2.24) is 0 Å². The average Bonchev–Trinajstić information content (AvgIpc) is 2.58. The van der Waals surface area contributed by atoms with Gasteiger partial charge in [0.2, 0.25) is 0 Å². The molecule has 5 nitrogen and oxygen atoms in total. The number of rotatable bonds is 11. The van der Waals surface area contributed by atoms with Gasteiger partial charge in [-0.1, -0.05) is 18.4 Å². The number of unbranched alkanes of at least 4 members (excludes halogenated alkanes) is 2. The lowest BCUT2D eigenvalue weighted by molar-refractivity contribution is -0.160. The van der Waals surface area contributed by atoms with E-state index in [1.54, 1.807) is 0 Å². The van der Waals surface area contributed by atoms with Gasteiger partial charge in [0.05, 0.1) is 19.4 Å². The molecule has 0 amide bonds.